The van der Waals surface area contributed by atoms with Gasteiger partial charge in [-0.1, -0.05) is 30.3 Å². The van der Waals surface area contributed by atoms with Gasteiger partial charge in [-0.3, -0.25) is 9.59 Å². The number of carbonyl (C=O) groups excluding carboxylic acids is 2. The molecule has 0 aliphatic carbocycles. The number of anilines is 2. The number of nitrogens with one attached hydrogen (secondary N) is 1. The predicted octanol–water partition coefficient (Wildman–Crippen LogP) is 2.77. The van der Waals surface area contributed by atoms with E-state index in [-0.39, 0.29) is 11.8 Å². The number of nitrogens with zero attached hydrogens (tertiary/aromatic N) is 2. The van der Waals surface area contributed by atoms with Gasteiger partial charge in [0.25, 0.3) is 11.8 Å². The van der Waals surface area contributed by atoms with Crippen molar-refractivity contribution in [3.63, 3.8) is 0 Å². The fourth-order valence-corrected chi connectivity index (χ4v) is 3.75. The summed E-state index contributed by atoms with van der Waals surface area (Å²) in [6.07, 6.45) is 1.20. The lowest BCUT2D eigenvalue weighted by Gasteiger charge is -2.36. The van der Waals surface area contributed by atoms with E-state index in [9.17, 15) is 9.59 Å². The molecular weight excluding hydrogens is 354 g/mol. The first-order chi connectivity index (χ1) is 13.7. The van der Waals surface area contributed by atoms with Gasteiger partial charge < -0.3 is 19.9 Å². The summed E-state index contributed by atoms with van der Waals surface area (Å²) in [5.41, 5.74) is 2.26. The van der Waals surface area contributed by atoms with Gasteiger partial charge in [-0.25, -0.2) is 0 Å². The van der Waals surface area contributed by atoms with Crippen molar-refractivity contribution in [3.8, 4) is 0 Å². The van der Waals surface area contributed by atoms with Crippen LogP contribution < -0.4 is 10.2 Å². The average Bonchev–Trinajstić information content (AvgIpc) is 3.30. The van der Waals surface area contributed by atoms with Gasteiger partial charge in [-0.2, -0.15) is 0 Å². The van der Waals surface area contributed by atoms with Crippen LogP contribution in [0.5, 0.6) is 0 Å². The standard InChI is InChI=1S/C22H25N3O3/c26-21(20-11-6-16-28-20)23-19-10-5-4-9-18(19)22(27)25-14-12-24(13-15-25)17-7-2-1-3-8-17/h1-5,7-10,20H,6,11-16H2,(H,23,26)/t20-/m0/s1. The Morgan fingerprint density at radius 3 is 2.36 bits per heavy atom. The van der Waals surface area contributed by atoms with Crippen LogP contribution in [0.1, 0.15) is 23.2 Å². The first-order valence-electron chi connectivity index (χ1n) is 9.83. The van der Waals surface area contributed by atoms with E-state index in [1.54, 1.807) is 12.1 Å². The molecule has 2 fully saturated rings. The molecule has 6 heteroatoms. The summed E-state index contributed by atoms with van der Waals surface area (Å²) in [5.74, 6) is -0.220. The van der Waals surface area contributed by atoms with Gasteiger partial charge in [0.15, 0.2) is 0 Å². The number of piperazine rings is 1. The zero-order valence-corrected chi connectivity index (χ0v) is 15.8. The molecule has 1 atom stereocenters. The molecule has 28 heavy (non-hydrogen) atoms. The van der Waals surface area contributed by atoms with Gasteiger partial charge in [-0.15, -0.1) is 0 Å². The normalized spacial score (nSPS) is 19.5. The lowest BCUT2D eigenvalue weighted by molar-refractivity contribution is -0.124. The number of ether oxygens (including phenoxy) is 1. The van der Waals surface area contributed by atoms with Crippen LogP contribution in [0.2, 0.25) is 0 Å². The van der Waals surface area contributed by atoms with E-state index in [4.69, 9.17) is 4.74 Å². The molecule has 1 N–H and O–H groups in total. The van der Waals surface area contributed by atoms with Gasteiger partial charge in [0.1, 0.15) is 6.10 Å². The minimum absolute atomic E-state index is 0.0454. The Morgan fingerprint density at radius 1 is 0.929 bits per heavy atom. The van der Waals surface area contributed by atoms with Crippen molar-refractivity contribution >= 4 is 23.2 Å². The molecule has 146 valence electrons. The highest BCUT2D eigenvalue weighted by Gasteiger charge is 2.27. The molecule has 2 aliphatic rings. The maximum atomic E-state index is 13.1. The fourth-order valence-electron chi connectivity index (χ4n) is 3.75. The molecular formula is C22H25N3O3. The zero-order chi connectivity index (χ0) is 19.3. The quantitative estimate of drug-likeness (QED) is 0.887. The van der Waals surface area contributed by atoms with Crippen LogP contribution in [0.15, 0.2) is 54.6 Å². The van der Waals surface area contributed by atoms with Crippen LogP contribution in [0, 0.1) is 0 Å². The van der Waals surface area contributed by atoms with Crippen LogP contribution >= 0.6 is 0 Å². The van der Waals surface area contributed by atoms with E-state index < -0.39 is 6.10 Å². The van der Waals surface area contributed by atoms with Crippen LogP contribution in [0.4, 0.5) is 11.4 Å². The second-order valence-electron chi connectivity index (χ2n) is 7.15. The van der Waals surface area contributed by atoms with Crippen molar-refractivity contribution in [3.05, 3.63) is 60.2 Å². The number of carbonyl (C=O) groups is 2. The highest BCUT2D eigenvalue weighted by atomic mass is 16.5. The molecule has 2 aromatic carbocycles. The van der Waals surface area contributed by atoms with Crippen molar-refractivity contribution < 1.29 is 14.3 Å². The Bertz CT molecular complexity index is 826. The van der Waals surface area contributed by atoms with E-state index in [1.807, 2.05) is 35.2 Å². The third-order valence-electron chi connectivity index (χ3n) is 5.33. The van der Waals surface area contributed by atoms with E-state index in [0.29, 0.717) is 30.9 Å². The molecule has 2 amide bonds. The van der Waals surface area contributed by atoms with E-state index in [1.165, 1.54) is 5.69 Å². The van der Waals surface area contributed by atoms with Crippen molar-refractivity contribution in [1.29, 1.82) is 0 Å². The van der Waals surface area contributed by atoms with Crippen molar-refractivity contribution in [1.82, 2.24) is 4.90 Å². The van der Waals surface area contributed by atoms with Gasteiger partial charge in [-0.05, 0) is 37.1 Å². The molecule has 2 saturated heterocycles. The Hall–Kier alpha value is -2.86. The fraction of sp³-hybridized carbons (Fsp3) is 0.364. The van der Waals surface area contributed by atoms with Gasteiger partial charge >= 0.3 is 0 Å². The van der Waals surface area contributed by atoms with E-state index in [2.05, 4.69) is 22.3 Å². The Morgan fingerprint density at radius 2 is 1.64 bits per heavy atom. The lowest BCUT2D eigenvalue weighted by Crippen LogP contribution is -2.49. The minimum Gasteiger partial charge on any atom is -0.368 e. The molecule has 0 saturated carbocycles. The van der Waals surface area contributed by atoms with Crippen LogP contribution in [0.25, 0.3) is 0 Å². The van der Waals surface area contributed by atoms with E-state index in [0.717, 1.165) is 25.9 Å². The third kappa shape index (κ3) is 4.02. The second-order valence-corrected chi connectivity index (χ2v) is 7.15. The molecule has 4 rings (SSSR count). The van der Waals surface area contributed by atoms with Crippen LogP contribution in [-0.2, 0) is 9.53 Å². The summed E-state index contributed by atoms with van der Waals surface area (Å²) in [7, 11) is 0. The molecule has 0 bridgehead atoms. The Kier molecular flexibility index (Phi) is 5.58. The van der Waals surface area contributed by atoms with Crippen molar-refractivity contribution in [2.24, 2.45) is 0 Å². The molecule has 2 aliphatic heterocycles. The largest absolute Gasteiger partial charge is 0.368 e. The number of para-hydroxylation sites is 2. The summed E-state index contributed by atoms with van der Waals surface area (Å²) in [4.78, 5) is 29.6. The molecule has 2 aromatic rings. The molecule has 0 spiro atoms. The van der Waals surface area contributed by atoms with Crippen molar-refractivity contribution in [2.75, 3.05) is 43.0 Å². The Labute approximate surface area is 165 Å². The highest BCUT2D eigenvalue weighted by Crippen LogP contribution is 2.22. The topological polar surface area (TPSA) is 61.9 Å². The first kappa shape index (κ1) is 18.5. The average molecular weight is 379 g/mol. The Balaban J connectivity index is 1.42. The number of amides is 2. The molecule has 0 radical (unpaired) electrons. The summed E-state index contributed by atoms with van der Waals surface area (Å²) >= 11 is 0. The smallest absolute Gasteiger partial charge is 0.256 e. The molecule has 0 aromatic heterocycles. The van der Waals surface area contributed by atoms with E-state index >= 15 is 0 Å². The molecule has 0 unspecified atom stereocenters. The van der Waals surface area contributed by atoms with Crippen LogP contribution in [0.3, 0.4) is 0 Å². The zero-order valence-electron chi connectivity index (χ0n) is 15.8. The summed E-state index contributed by atoms with van der Waals surface area (Å²) < 4.78 is 5.44. The third-order valence-corrected chi connectivity index (χ3v) is 5.33. The monoisotopic (exact) mass is 379 g/mol. The first-order valence-corrected chi connectivity index (χ1v) is 9.83. The summed E-state index contributed by atoms with van der Waals surface area (Å²) in [5, 5.41) is 2.89. The van der Waals surface area contributed by atoms with Gasteiger partial charge in [0, 0.05) is 38.5 Å². The van der Waals surface area contributed by atoms with Crippen LogP contribution in [-0.4, -0.2) is 55.6 Å². The SMILES string of the molecule is O=C(Nc1ccccc1C(=O)N1CCN(c2ccccc2)CC1)[C@@H]1CCCO1. The molecule has 2 heterocycles. The second kappa shape index (κ2) is 8.44. The van der Waals surface area contributed by atoms with Gasteiger partial charge in [0.05, 0.1) is 11.3 Å². The number of hydrogen-bond donors (Lipinski definition) is 1. The summed E-state index contributed by atoms with van der Waals surface area (Å²) in [6.45, 7) is 3.51. The number of rotatable bonds is 4. The van der Waals surface area contributed by atoms with Gasteiger partial charge in [0.2, 0.25) is 0 Å². The minimum atomic E-state index is -0.419. The van der Waals surface area contributed by atoms with Crippen molar-refractivity contribution in [2.45, 2.75) is 18.9 Å². The number of hydrogen-bond acceptors (Lipinski definition) is 4. The number of benzene rings is 2. The molecule has 6 nitrogen and oxygen atoms in total. The predicted molar refractivity (Wildman–Crippen MR) is 109 cm³/mol. The maximum Gasteiger partial charge on any atom is 0.256 e. The summed E-state index contributed by atoms with van der Waals surface area (Å²) in [6, 6.07) is 17.5. The maximum absolute atomic E-state index is 13.1. The highest BCUT2D eigenvalue weighted by molar-refractivity contribution is 6.04. The lowest BCUT2D eigenvalue weighted by atomic mass is 10.1.